The van der Waals surface area contributed by atoms with Crippen molar-refractivity contribution in [3.8, 4) is 0 Å². The molecule has 50 heavy (non-hydrogen) atoms. The van der Waals surface area contributed by atoms with Crippen LogP contribution in [0.2, 0.25) is 0 Å². The minimum Gasteiger partial charge on any atom is -0.412 e. The zero-order valence-corrected chi connectivity index (χ0v) is 28.5. The van der Waals surface area contributed by atoms with Crippen LogP contribution >= 0.6 is 35.5 Å². The first-order chi connectivity index (χ1) is 23.4. The fraction of sp³-hybridized carbons (Fsp3) is 0.0952. The molecule has 4 fully saturated rings. The fourth-order valence-electron chi connectivity index (χ4n) is 4.34. The van der Waals surface area contributed by atoms with Gasteiger partial charge in [-0.1, -0.05) is 0 Å². The highest BCUT2D eigenvalue weighted by Crippen LogP contribution is 2.52. The maximum Gasteiger partial charge on any atom is 0.331 e. The smallest absolute Gasteiger partial charge is 0.331 e. The second-order valence-electron chi connectivity index (χ2n) is 9.33. The van der Waals surface area contributed by atoms with Crippen LogP contribution in [0.25, 0.3) is 0 Å². The molecule has 3 aromatic heterocycles. The summed E-state index contributed by atoms with van der Waals surface area (Å²) in [6, 6.07) is -1.28. The molecule has 10 amide bonds. The zero-order valence-electron chi connectivity index (χ0n) is 24.5. The van der Waals surface area contributed by atoms with Crippen LogP contribution in [0.3, 0.4) is 0 Å². The van der Waals surface area contributed by atoms with Crippen molar-refractivity contribution in [2.75, 3.05) is 0 Å². The molecular formula is C21H22N14O11P4. The van der Waals surface area contributed by atoms with Gasteiger partial charge in [-0.3, -0.25) is 58.5 Å². The number of hydrogen-bond acceptors (Lipinski definition) is 15. The van der Waals surface area contributed by atoms with Crippen LogP contribution in [0.1, 0.15) is 0 Å². The molecule has 29 heteroatoms. The van der Waals surface area contributed by atoms with E-state index in [1.807, 2.05) is 0 Å². The highest BCUT2D eigenvalue weighted by atomic mass is 31.1. The van der Waals surface area contributed by atoms with E-state index in [1.165, 1.54) is 37.4 Å². The molecule has 0 aliphatic carbocycles. The molecule has 7 heterocycles. The third kappa shape index (κ3) is 5.56. The first-order valence-corrected chi connectivity index (χ1v) is 16.9. The van der Waals surface area contributed by atoms with E-state index in [-0.39, 0.29) is 5.48 Å². The second-order valence-corrected chi connectivity index (χ2v) is 12.6. The predicted octanol–water partition coefficient (Wildman–Crippen LogP) is -4.13. The molecule has 4 atom stereocenters. The Bertz CT molecular complexity index is 1680. The Kier molecular flexibility index (Phi) is 11.0. The van der Waals surface area contributed by atoms with Gasteiger partial charge in [0.05, 0.1) is 41.9 Å². The number of carbonyl (C=O) groups is 10. The number of rotatable bonds is 6. The molecule has 4 unspecified atom stereocenters. The maximum absolute atomic E-state index is 12.3. The van der Waals surface area contributed by atoms with Gasteiger partial charge in [-0.15, -0.1) is 0 Å². The van der Waals surface area contributed by atoms with E-state index >= 15 is 0 Å². The fourth-order valence-corrected chi connectivity index (χ4v) is 7.23. The SMILES string of the molecule is NPN1C(=O)C2(C1=O)C(=O)N(PN)C2=O.O.O=C(NPN1C(=O)C2(C1=O)C(=O)N(PNC(=O)n1ccnc1)C2=O)n1ccnc1.c1c[nH]cn1. The summed E-state index contributed by atoms with van der Waals surface area (Å²) in [5.74, 6) is -7.38. The van der Waals surface area contributed by atoms with Crippen molar-refractivity contribution < 1.29 is 53.4 Å². The quantitative estimate of drug-likeness (QED) is 0.0903. The molecule has 262 valence electrons. The van der Waals surface area contributed by atoms with E-state index < -0.39 is 106 Å². The predicted molar refractivity (Wildman–Crippen MR) is 168 cm³/mol. The lowest BCUT2D eigenvalue weighted by molar-refractivity contribution is -0.192. The number of imide groups is 4. The van der Waals surface area contributed by atoms with Gasteiger partial charge in [0, 0.05) is 37.2 Å². The van der Waals surface area contributed by atoms with Crippen LogP contribution in [-0.2, 0) is 38.4 Å². The number of carbonyl (C=O) groups excluding carboxylic acids is 10. The van der Waals surface area contributed by atoms with E-state index in [0.717, 1.165) is 9.13 Å². The molecule has 4 saturated heterocycles. The minimum absolute atomic E-state index is 0. The summed E-state index contributed by atoms with van der Waals surface area (Å²) >= 11 is 0. The van der Waals surface area contributed by atoms with Gasteiger partial charge < -0.3 is 20.6 Å². The molecule has 4 aliphatic heterocycles. The van der Waals surface area contributed by atoms with Crippen molar-refractivity contribution in [1.29, 1.82) is 0 Å². The van der Waals surface area contributed by atoms with E-state index in [4.69, 9.17) is 11.0 Å². The van der Waals surface area contributed by atoms with Crippen molar-refractivity contribution in [1.82, 2.24) is 57.9 Å². The van der Waals surface area contributed by atoms with Crippen LogP contribution < -0.4 is 21.2 Å². The van der Waals surface area contributed by atoms with Crippen LogP contribution in [0.4, 0.5) is 9.59 Å². The Hall–Kier alpha value is -5.27. The van der Waals surface area contributed by atoms with Gasteiger partial charge in [0.25, 0.3) is 58.1 Å². The lowest BCUT2D eigenvalue weighted by Crippen LogP contribution is -2.81. The van der Waals surface area contributed by atoms with Gasteiger partial charge in [0.2, 0.25) is 0 Å². The highest BCUT2D eigenvalue weighted by molar-refractivity contribution is 7.38. The molecule has 4 aliphatic rings. The van der Waals surface area contributed by atoms with Gasteiger partial charge in [-0.05, 0) is 0 Å². The highest BCUT2D eigenvalue weighted by Gasteiger charge is 2.81. The Morgan fingerprint density at radius 2 is 0.960 bits per heavy atom. The minimum atomic E-state index is -2.40. The van der Waals surface area contributed by atoms with Gasteiger partial charge >= 0.3 is 12.1 Å². The van der Waals surface area contributed by atoms with Gasteiger partial charge in [-0.2, -0.15) is 0 Å². The molecule has 25 nitrogen and oxygen atoms in total. The van der Waals surface area contributed by atoms with E-state index in [9.17, 15) is 47.9 Å². The first kappa shape index (κ1) is 37.5. The molecule has 9 N–H and O–H groups in total. The number of nitrogens with zero attached hydrogens (tertiary/aromatic N) is 9. The largest absolute Gasteiger partial charge is 0.412 e. The molecule has 3 aromatic rings. The summed E-state index contributed by atoms with van der Waals surface area (Å²) in [6.07, 6.45) is 13.0. The molecule has 0 bridgehead atoms. The van der Waals surface area contributed by atoms with Crippen LogP contribution in [0, 0.1) is 10.8 Å². The summed E-state index contributed by atoms with van der Waals surface area (Å²) in [4.78, 5) is 132. The average molecular weight is 770 g/mol. The van der Waals surface area contributed by atoms with Gasteiger partial charge in [-0.25, -0.2) is 43.2 Å². The normalized spacial score (nSPS) is 18.8. The van der Waals surface area contributed by atoms with Crippen LogP contribution in [0.5, 0.6) is 0 Å². The summed E-state index contributed by atoms with van der Waals surface area (Å²) in [7, 11) is -2.70. The summed E-state index contributed by atoms with van der Waals surface area (Å²) in [5.41, 5.74) is 5.72. The summed E-state index contributed by atoms with van der Waals surface area (Å²) in [5, 5.41) is 4.65. The van der Waals surface area contributed by atoms with Gasteiger partial charge in [0.15, 0.2) is 0 Å². The Labute approximate surface area is 284 Å². The monoisotopic (exact) mass is 770 g/mol. The van der Waals surface area contributed by atoms with Crippen LogP contribution in [0.15, 0.2) is 56.2 Å². The second kappa shape index (κ2) is 14.7. The standard InChI is InChI=1S/C13H10N8O6P2.C5H6N4O4P2.C3H4N2.H2O/c22-7-13(8(23)20(7)28-16-11(26)18-3-1-14-5-18)9(24)21(10(13)25)29-17-12(27)19-4-2-15-6-19;6-14-8-1(10)5(2(8)11)3(12)9(15-7)4(5)13;1-2-5-3-4-1;/h1-6,28-29H,(H,16,26)(H,17,27);14-15H,6-7H2;1-3H,(H,4,5);1H2. The molecule has 2 spiro atoms. The number of hydrogen-bond donors (Lipinski definition) is 5. The van der Waals surface area contributed by atoms with Crippen LogP contribution in [-0.4, -0.2) is 113 Å². The lowest BCUT2D eigenvalue weighted by Gasteiger charge is -2.51. The average Bonchev–Trinajstić information content (AvgIpc) is 3.92. The number of nitrogens with two attached hydrogens (primary N) is 2. The number of nitrogens with one attached hydrogen (secondary N) is 3. The first-order valence-electron chi connectivity index (χ1n) is 12.9. The third-order valence-electron chi connectivity index (χ3n) is 6.88. The number of H-pyrrole nitrogens is 1. The summed E-state index contributed by atoms with van der Waals surface area (Å²) < 4.78 is 4.79. The topological polar surface area (TPSA) is 356 Å². The zero-order chi connectivity index (χ0) is 35.7. The molecule has 0 saturated carbocycles. The van der Waals surface area contributed by atoms with E-state index in [1.54, 1.807) is 18.7 Å². The molecule has 0 radical (unpaired) electrons. The van der Waals surface area contributed by atoms with Crippen molar-refractivity contribution in [3.63, 3.8) is 0 Å². The number of amides is 10. The van der Waals surface area contributed by atoms with Crippen molar-refractivity contribution >= 4 is 94.8 Å². The molecule has 7 rings (SSSR count). The van der Waals surface area contributed by atoms with E-state index in [2.05, 4.69) is 30.1 Å². The maximum atomic E-state index is 12.3. The molecule has 0 aromatic carbocycles. The number of imidazole rings is 3. The van der Waals surface area contributed by atoms with E-state index in [0.29, 0.717) is 18.7 Å². The number of β-lactam (4-membered cyclic amide) rings is 8. The third-order valence-corrected chi connectivity index (χ3v) is 10.1. The number of aromatic nitrogens is 6. The lowest BCUT2D eigenvalue weighted by atomic mass is 9.72. The van der Waals surface area contributed by atoms with Gasteiger partial charge in [0.1, 0.15) is 12.7 Å². The number of aromatic amines is 1. The molecular weight excluding hydrogens is 748 g/mol. The van der Waals surface area contributed by atoms with Crippen molar-refractivity contribution in [2.24, 2.45) is 21.8 Å². The Balaban J connectivity index is 0.000000222. The van der Waals surface area contributed by atoms with Crippen molar-refractivity contribution in [2.45, 2.75) is 0 Å². The summed E-state index contributed by atoms with van der Waals surface area (Å²) in [6.45, 7) is 0. The Morgan fingerprint density at radius 1 is 0.600 bits per heavy atom. The van der Waals surface area contributed by atoms with Crippen molar-refractivity contribution in [3.05, 3.63) is 56.2 Å². The Morgan fingerprint density at radius 3 is 1.20 bits per heavy atom.